The third kappa shape index (κ3) is 8.75. The molecule has 0 amide bonds. The zero-order chi connectivity index (χ0) is 21.0. The Hall–Kier alpha value is 0.411. The Kier molecular flexibility index (Phi) is 9.37. The van der Waals surface area contributed by atoms with E-state index in [1.165, 1.54) is 17.4 Å². The van der Waals surface area contributed by atoms with Crippen LogP contribution in [0, 0.1) is 0 Å². The molecule has 5 atom stereocenters. The topological polar surface area (TPSA) is 99.4 Å². The van der Waals surface area contributed by atoms with Crippen LogP contribution in [-0.4, -0.2) is 88.6 Å². The fourth-order valence-electron chi connectivity index (χ4n) is 4.70. The highest BCUT2D eigenvalue weighted by Gasteiger charge is 2.44. The Bertz CT molecular complexity index is 433. The predicted molar refractivity (Wildman–Crippen MR) is 117 cm³/mol. The third-order valence-corrected chi connectivity index (χ3v) is 21.8. The van der Waals surface area contributed by atoms with Gasteiger partial charge in [-0.05, 0) is 6.42 Å². The standard InChI is InChI=1S/C18H42O6Si3/c1-25(2,3)12-27(7,13-26(4,5)6)10-8-9-23-18-17(22)16(21)15(20)14(11-19)24-18/h14-22H,8-13H2,1-7H3. The number of aliphatic hydroxyl groups is 4. The second-order valence-electron chi connectivity index (χ2n) is 11.0. The molecular formula is C18H42O6Si3. The van der Waals surface area contributed by atoms with Crippen molar-refractivity contribution in [1.29, 1.82) is 0 Å². The number of hydrogen-bond donors (Lipinski definition) is 4. The minimum absolute atomic E-state index is 0.428. The number of hydrogen-bond acceptors (Lipinski definition) is 6. The fourth-order valence-corrected chi connectivity index (χ4v) is 29.2. The maximum Gasteiger partial charge on any atom is 0.186 e. The molecule has 162 valence electrons. The third-order valence-electron chi connectivity index (χ3n) is 4.97. The van der Waals surface area contributed by atoms with Gasteiger partial charge in [-0.3, -0.25) is 0 Å². The van der Waals surface area contributed by atoms with E-state index in [4.69, 9.17) is 9.47 Å². The van der Waals surface area contributed by atoms with Gasteiger partial charge >= 0.3 is 0 Å². The van der Waals surface area contributed by atoms with Gasteiger partial charge in [0.05, 0.1) is 6.61 Å². The summed E-state index contributed by atoms with van der Waals surface area (Å²) in [6.07, 6.45) is -5.04. The second-order valence-corrected chi connectivity index (χ2v) is 28.1. The fraction of sp³-hybridized carbons (Fsp3) is 1.00. The molecule has 0 aromatic rings. The first-order valence-corrected chi connectivity index (χ1v) is 20.6. The largest absolute Gasteiger partial charge is 0.394 e. The van der Waals surface area contributed by atoms with Crippen molar-refractivity contribution in [2.45, 2.75) is 100 Å². The molecule has 5 unspecified atom stereocenters. The lowest BCUT2D eigenvalue weighted by molar-refractivity contribution is -0.300. The molecule has 0 aromatic carbocycles. The van der Waals surface area contributed by atoms with E-state index in [1.807, 2.05) is 0 Å². The van der Waals surface area contributed by atoms with E-state index < -0.39 is 61.5 Å². The Morgan fingerprint density at radius 2 is 1.33 bits per heavy atom. The monoisotopic (exact) mass is 438 g/mol. The normalized spacial score (nSPS) is 30.6. The second kappa shape index (κ2) is 9.94. The van der Waals surface area contributed by atoms with Crippen molar-refractivity contribution in [3.8, 4) is 0 Å². The lowest BCUT2D eigenvalue weighted by Gasteiger charge is -2.40. The molecule has 1 aliphatic rings. The average molecular weight is 439 g/mol. The molecule has 1 saturated heterocycles. The highest BCUT2D eigenvalue weighted by atomic mass is 28.4. The summed E-state index contributed by atoms with van der Waals surface area (Å²) >= 11 is 0. The molecule has 0 saturated carbocycles. The van der Waals surface area contributed by atoms with E-state index >= 15 is 0 Å². The van der Waals surface area contributed by atoms with Gasteiger partial charge in [0.1, 0.15) is 24.4 Å². The molecule has 1 aliphatic heterocycles. The summed E-state index contributed by atoms with van der Waals surface area (Å²) in [4.78, 5) is 0. The van der Waals surface area contributed by atoms with Crippen LogP contribution in [0.25, 0.3) is 0 Å². The molecule has 4 N–H and O–H groups in total. The van der Waals surface area contributed by atoms with Gasteiger partial charge in [-0.2, -0.15) is 0 Å². The van der Waals surface area contributed by atoms with Gasteiger partial charge < -0.3 is 29.9 Å². The van der Waals surface area contributed by atoms with Crippen LogP contribution in [-0.2, 0) is 9.47 Å². The van der Waals surface area contributed by atoms with Crippen LogP contribution in [0.1, 0.15) is 6.42 Å². The van der Waals surface area contributed by atoms with E-state index in [0.717, 1.165) is 6.42 Å². The highest BCUT2D eigenvalue weighted by Crippen LogP contribution is 2.32. The molecule has 0 aliphatic carbocycles. The van der Waals surface area contributed by atoms with Gasteiger partial charge in [0.15, 0.2) is 6.29 Å². The lowest BCUT2D eigenvalue weighted by Crippen LogP contribution is -2.59. The molecule has 27 heavy (non-hydrogen) atoms. The van der Waals surface area contributed by atoms with Crippen LogP contribution >= 0.6 is 0 Å². The molecule has 0 radical (unpaired) electrons. The smallest absolute Gasteiger partial charge is 0.186 e. The summed E-state index contributed by atoms with van der Waals surface area (Å²) in [7, 11) is -3.63. The molecule has 1 rings (SSSR count). The van der Waals surface area contributed by atoms with Gasteiger partial charge in [0.2, 0.25) is 0 Å². The molecule has 9 heteroatoms. The van der Waals surface area contributed by atoms with Crippen LogP contribution in [0.5, 0.6) is 0 Å². The van der Waals surface area contributed by atoms with Crippen molar-refractivity contribution in [3.63, 3.8) is 0 Å². The molecule has 0 spiro atoms. The summed E-state index contributed by atoms with van der Waals surface area (Å²) in [5.41, 5.74) is 2.84. The predicted octanol–water partition coefficient (Wildman–Crippen LogP) is 2.03. The molecular weight excluding hydrogens is 396 g/mol. The Morgan fingerprint density at radius 1 is 0.815 bits per heavy atom. The Morgan fingerprint density at radius 3 is 1.78 bits per heavy atom. The van der Waals surface area contributed by atoms with E-state index in [0.29, 0.717) is 6.61 Å². The van der Waals surface area contributed by atoms with Crippen LogP contribution < -0.4 is 0 Å². The summed E-state index contributed by atoms with van der Waals surface area (Å²) < 4.78 is 11.1. The van der Waals surface area contributed by atoms with Crippen molar-refractivity contribution in [2.75, 3.05) is 13.2 Å². The summed E-state index contributed by atoms with van der Waals surface area (Å²) in [5, 5.41) is 39.0. The minimum atomic E-state index is -1.38. The van der Waals surface area contributed by atoms with Crippen molar-refractivity contribution in [2.24, 2.45) is 0 Å². The summed E-state index contributed by atoms with van der Waals surface area (Å²) in [6, 6.07) is 1.19. The van der Waals surface area contributed by atoms with Crippen LogP contribution in [0.15, 0.2) is 0 Å². The molecule has 1 heterocycles. The first kappa shape index (κ1) is 25.4. The van der Waals surface area contributed by atoms with Gasteiger partial charge in [-0.25, -0.2) is 0 Å². The zero-order valence-electron chi connectivity index (χ0n) is 18.2. The van der Waals surface area contributed by atoms with Crippen molar-refractivity contribution in [3.05, 3.63) is 0 Å². The van der Waals surface area contributed by atoms with E-state index in [2.05, 4.69) is 45.8 Å². The van der Waals surface area contributed by atoms with Gasteiger partial charge in [0.25, 0.3) is 0 Å². The first-order valence-electron chi connectivity index (χ1n) is 10.1. The van der Waals surface area contributed by atoms with Crippen LogP contribution in [0.2, 0.25) is 63.2 Å². The number of rotatable bonds is 10. The van der Waals surface area contributed by atoms with E-state index in [9.17, 15) is 20.4 Å². The van der Waals surface area contributed by atoms with E-state index in [1.54, 1.807) is 0 Å². The zero-order valence-corrected chi connectivity index (χ0v) is 21.2. The van der Waals surface area contributed by atoms with Gasteiger partial charge in [-0.15, -0.1) is 0 Å². The minimum Gasteiger partial charge on any atom is -0.394 e. The molecule has 0 bridgehead atoms. The first-order chi connectivity index (χ1) is 12.2. The van der Waals surface area contributed by atoms with Crippen LogP contribution in [0.3, 0.4) is 0 Å². The Labute approximate surface area is 167 Å². The van der Waals surface area contributed by atoms with Crippen molar-refractivity contribution < 1.29 is 29.9 Å². The quantitative estimate of drug-likeness (QED) is 0.308. The average Bonchev–Trinajstić information content (AvgIpc) is 2.47. The molecule has 1 fully saturated rings. The number of aliphatic hydroxyl groups excluding tert-OH is 4. The maximum absolute atomic E-state index is 10.1. The SMILES string of the molecule is C[Si](C)(C)C[Si](C)(CCCOC1OC(CO)C(O)C(O)C1O)C[Si](C)(C)C. The van der Waals surface area contributed by atoms with Crippen LogP contribution in [0.4, 0.5) is 0 Å². The Balaban J connectivity index is 2.60. The summed E-state index contributed by atoms with van der Waals surface area (Å²) in [5.74, 6) is 0. The van der Waals surface area contributed by atoms with Gasteiger partial charge in [0, 0.05) is 30.8 Å². The molecule has 6 nitrogen and oxygen atoms in total. The van der Waals surface area contributed by atoms with E-state index in [-0.39, 0.29) is 0 Å². The van der Waals surface area contributed by atoms with Crippen molar-refractivity contribution >= 4 is 24.2 Å². The highest BCUT2D eigenvalue weighted by molar-refractivity contribution is 7.02. The number of ether oxygens (including phenoxy) is 2. The van der Waals surface area contributed by atoms with Gasteiger partial charge in [-0.1, -0.05) is 63.2 Å². The van der Waals surface area contributed by atoms with Crippen molar-refractivity contribution in [1.82, 2.24) is 0 Å². The lowest BCUT2D eigenvalue weighted by atomic mass is 9.99. The maximum atomic E-state index is 10.1. The molecule has 0 aromatic heterocycles. The summed E-state index contributed by atoms with van der Waals surface area (Å²) in [6.45, 7) is 17.3.